The number of carbonyl (C=O) groups excluding carboxylic acids is 1. The highest BCUT2D eigenvalue weighted by Crippen LogP contribution is 2.14. The molecule has 3 N–H and O–H groups in total. The van der Waals surface area contributed by atoms with Crippen LogP contribution in [0.2, 0.25) is 0 Å². The van der Waals surface area contributed by atoms with Gasteiger partial charge in [-0.15, -0.1) is 0 Å². The lowest BCUT2D eigenvalue weighted by Crippen LogP contribution is -2.55. The van der Waals surface area contributed by atoms with Crippen LogP contribution in [0.4, 0.5) is 0 Å². The van der Waals surface area contributed by atoms with Gasteiger partial charge in [-0.25, -0.2) is 0 Å². The molecule has 4 nitrogen and oxygen atoms in total. The van der Waals surface area contributed by atoms with Crippen molar-refractivity contribution in [3.05, 3.63) is 0 Å². The Morgan fingerprint density at radius 1 is 1.10 bits per heavy atom. The van der Waals surface area contributed by atoms with Gasteiger partial charge in [0.2, 0.25) is 5.91 Å². The third-order valence-corrected chi connectivity index (χ3v) is 3.76. The van der Waals surface area contributed by atoms with Gasteiger partial charge in [0.05, 0.1) is 5.54 Å². The summed E-state index contributed by atoms with van der Waals surface area (Å²) in [6, 6.07) is 0.252. The molecule has 0 aromatic rings. The van der Waals surface area contributed by atoms with E-state index in [1.165, 1.54) is 25.7 Å². The number of unbranched alkanes of at least 4 members (excludes halogenated alkanes) is 5. The van der Waals surface area contributed by atoms with Crippen LogP contribution >= 0.6 is 0 Å². The van der Waals surface area contributed by atoms with Gasteiger partial charge in [-0.1, -0.05) is 32.6 Å². The monoisotopic (exact) mass is 300 g/mol. The molecular weight excluding hydrogens is 264 g/mol. The maximum absolute atomic E-state index is 11.6. The zero-order valence-electron chi connectivity index (χ0n) is 14.5. The first-order valence-corrected chi connectivity index (χ1v) is 8.57. The average molecular weight is 300 g/mol. The molecule has 0 saturated carbocycles. The lowest BCUT2D eigenvalue weighted by Gasteiger charge is -2.29. The molecule has 0 rings (SSSR count). The number of nitrogens with two attached hydrogens (primary N) is 1. The van der Waals surface area contributed by atoms with Gasteiger partial charge in [0.1, 0.15) is 0 Å². The third kappa shape index (κ3) is 10.7. The molecule has 0 fully saturated rings. The molecule has 126 valence electrons. The first-order chi connectivity index (χ1) is 9.92. The molecule has 0 radical (unpaired) electrons. The quantitative estimate of drug-likeness (QED) is 0.483. The normalized spacial score (nSPS) is 14.3. The largest absolute Gasteiger partial charge is 0.381 e. The van der Waals surface area contributed by atoms with Gasteiger partial charge in [-0.05, 0) is 46.5 Å². The van der Waals surface area contributed by atoms with Crippen molar-refractivity contribution in [2.45, 2.75) is 90.6 Å². The van der Waals surface area contributed by atoms with Crippen molar-refractivity contribution in [2.75, 3.05) is 13.2 Å². The Morgan fingerprint density at radius 3 is 2.19 bits per heavy atom. The van der Waals surface area contributed by atoms with Crippen LogP contribution in [0.15, 0.2) is 0 Å². The van der Waals surface area contributed by atoms with Crippen LogP contribution < -0.4 is 11.1 Å². The summed E-state index contributed by atoms with van der Waals surface area (Å²) >= 11 is 0. The molecule has 0 aliphatic carbocycles. The topological polar surface area (TPSA) is 64.3 Å². The van der Waals surface area contributed by atoms with Crippen molar-refractivity contribution < 1.29 is 9.53 Å². The molecule has 21 heavy (non-hydrogen) atoms. The highest BCUT2D eigenvalue weighted by Gasteiger charge is 2.30. The van der Waals surface area contributed by atoms with Crippen LogP contribution in [0, 0.1) is 0 Å². The van der Waals surface area contributed by atoms with E-state index in [-0.39, 0.29) is 11.9 Å². The van der Waals surface area contributed by atoms with Crippen LogP contribution in [-0.4, -0.2) is 30.7 Å². The number of ether oxygens (including phenoxy) is 1. The third-order valence-electron chi connectivity index (χ3n) is 3.76. The summed E-state index contributed by atoms with van der Waals surface area (Å²) in [6.45, 7) is 9.82. The SMILES string of the molecule is CCCCCCCOCCCCC(C)(NC(C)C)C(N)=O. The molecule has 0 bridgehead atoms. The number of nitrogens with one attached hydrogen (secondary N) is 1. The summed E-state index contributed by atoms with van der Waals surface area (Å²) in [5, 5.41) is 3.27. The Balaban J connectivity index is 3.61. The van der Waals surface area contributed by atoms with Crippen LogP contribution in [0.5, 0.6) is 0 Å². The Bertz CT molecular complexity index is 270. The molecule has 0 saturated heterocycles. The smallest absolute Gasteiger partial charge is 0.237 e. The van der Waals surface area contributed by atoms with E-state index in [0.717, 1.165) is 38.9 Å². The van der Waals surface area contributed by atoms with E-state index in [0.29, 0.717) is 0 Å². The number of rotatable bonds is 14. The zero-order chi connectivity index (χ0) is 16.1. The summed E-state index contributed by atoms with van der Waals surface area (Å²) in [6.07, 6.45) is 9.06. The van der Waals surface area contributed by atoms with Crippen molar-refractivity contribution in [1.29, 1.82) is 0 Å². The number of hydrogen-bond acceptors (Lipinski definition) is 3. The highest BCUT2D eigenvalue weighted by atomic mass is 16.5. The van der Waals surface area contributed by atoms with Gasteiger partial charge in [0.15, 0.2) is 0 Å². The van der Waals surface area contributed by atoms with Crippen molar-refractivity contribution in [1.82, 2.24) is 5.32 Å². The molecule has 1 atom stereocenters. The number of amides is 1. The fraction of sp³-hybridized carbons (Fsp3) is 0.941. The number of carbonyl (C=O) groups is 1. The van der Waals surface area contributed by atoms with Gasteiger partial charge >= 0.3 is 0 Å². The van der Waals surface area contributed by atoms with Gasteiger partial charge in [-0.2, -0.15) is 0 Å². The van der Waals surface area contributed by atoms with Crippen LogP contribution in [0.3, 0.4) is 0 Å². The lowest BCUT2D eigenvalue weighted by atomic mass is 9.93. The second kappa shape index (κ2) is 12.0. The predicted octanol–water partition coefficient (Wildman–Crippen LogP) is 3.39. The van der Waals surface area contributed by atoms with E-state index in [4.69, 9.17) is 10.5 Å². The van der Waals surface area contributed by atoms with Crippen molar-refractivity contribution >= 4 is 5.91 Å². The Hall–Kier alpha value is -0.610. The van der Waals surface area contributed by atoms with E-state index in [1.54, 1.807) is 0 Å². The maximum Gasteiger partial charge on any atom is 0.237 e. The molecule has 0 aliphatic heterocycles. The van der Waals surface area contributed by atoms with Crippen LogP contribution in [0.1, 0.15) is 79.1 Å². The maximum atomic E-state index is 11.6. The molecule has 0 heterocycles. The van der Waals surface area contributed by atoms with Crippen LogP contribution in [-0.2, 0) is 9.53 Å². The molecule has 0 spiro atoms. The average Bonchev–Trinajstić information content (AvgIpc) is 2.40. The Labute approximate surface area is 131 Å². The minimum absolute atomic E-state index is 0.252. The summed E-state index contributed by atoms with van der Waals surface area (Å²) in [5.41, 5.74) is 4.90. The Morgan fingerprint density at radius 2 is 1.67 bits per heavy atom. The molecule has 0 aromatic carbocycles. The summed E-state index contributed by atoms with van der Waals surface area (Å²) in [7, 11) is 0. The van der Waals surface area contributed by atoms with Crippen molar-refractivity contribution in [3.8, 4) is 0 Å². The fourth-order valence-corrected chi connectivity index (χ4v) is 2.50. The van der Waals surface area contributed by atoms with E-state index in [2.05, 4.69) is 12.2 Å². The van der Waals surface area contributed by atoms with Crippen LogP contribution in [0.25, 0.3) is 0 Å². The second-order valence-corrected chi connectivity index (χ2v) is 6.48. The summed E-state index contributed by atoms with van der Waals surface area (Å²) < 4.78 is 5.63. The lowest BCUT2D eigenvalue weighted by molar-refractivity contribution is -0.124. The molecule has 0 aromatic heterocycles. The first kappa shape index (κ1) is 20.4. The second-order valence-electron chi connectivity index (χ2n) is 6.48. The van der Waals surface area contributed by atoms with Gasteiger partial charge < -0.3 is 15.8 Å². The Kier molecular flexibility index (Phi) is 11.6. The standard InChI is InChI=1S/C17H36N2O2/c1-5-6-7-8-10-13-21-14-11-9-12-17(4,16(18)20)19-15(2)3/h15,19H,5-14H2,1-4H3,(H2,18,20). The predicted molar refractivity (Wildman–Crippen MR) is 89.3 cm³/mol. The zero-order valence-corrected chi connectivity index (χ0v) is 14.5. The van der Waals surface area contributed by atoms with E-state index in [1.807, 2.05) is 20.8 Å². The van der Waals surface area contributed by atoms with Gasteiger partial charge in [0.25, 0.3) is 0 Å². The minimum Gasteiger partial charge on any atom is -0.381 e. The highest BCUT2D eigenvalue weighted by molar-refractivity contribution is 5.84. The summed E-state index contributed by atoms with van der Waals surface area (Å²) in [5.74, 6) is -0.270. The van der Waals surface area contributed by atoms with E-state index < -0.39 is 5.54 Å². The number of hydrogen-bond donors (Lipinski definition) is 2. The molecule has 1 amide bonds. The summed E-state index contributed by atoms with van der Waals surface area (Å²) in [4.78, 5) is 11.6. The fourth-order valence-electron chi connectivity index (χ4n) is 2.50. The molecule has 0 aliphatic rings. The molecule has 1 unspecified atom stereocenters. The van der Waals surface area contributed by atoms with Gasteiger partial charge in [-0.3, -0.25) is 4.79 Å². The molecule has 4 heteroatoms. The van der Waals surface area contributed by atoms with Gasteiger partial charge in [0, 0.05) is 19.3 Å². The number of primary amides is 1. The minimum atomic E-state index is -0.603. The van der Waals surface area contributed by atoms with E-state index in [9.17, 15) is 4.79 Å². The first-order valence-electron chi connectivity index (χ1n) is 8.57. The van der Waals surface area contributed by atoms with Crippen molar-refractivity contribution in [2.24, 2.45) is 5.73 Å². The molecular formula is C17H36N2O2. The van der Waals surface area contributed by atoms with Crippen molar-refractivity contribution in [3.63, 3.8) is 0 Å². The van der Waals surface area contributed by atoms with E-state index >= 15 is 0 Å².